The predicted octanol–water partition coefficient (Wildman–Crippen LogP) is 6.72. The first-order chi connectivity index (χ1) is 38.6. The fourth-order valence-corrected chi connectivity index (χ4v) is 15.4. The van der Waals surface area contributed by atoms with Crippen LogP contribution in [-0.2, 0) is 48.0 Å². The first-order valence-corrected chi connectivity index (χ1v) is 30.5. The molecule has 1 unspecified atom stereocenters. The predicted molar refractivity (Wildman–Crippen MR) is 303 cm³/mol. The zero-order valence-electron chi connectivity index (χ0n) is 48.0. The maximum atomic E-state index is 15.2. The highest BCUT2D eigenvalue weighted by atomic mass is 32.1. The van der Waals surface area contributed by atoms with Crippen LogP contribution in [-0.4, -0.2) is 191 Å². The van der Waals surface area contributed by atoms with Crippen molar-refractivity contribution in [3.63, 3.8) is 0 Å². The highest BCUT2D eigenvalue weighted by Gasteiger charge is 2.59. The summed E-state index contributed by atoms with van der Waals surface area (Å²) in [4.78, 5) is 79.2. The molecular formula is C60H80F3N11O6S. The number of hydrazine groups is 1. The summed E-state index contributed by atoms with van der Waals surface area (Å²) in [5.74, 6) is -0.576. The second-order valence-corrected chi connectivity index (χ2v) is 27.2. The number of esters is 1. The van der Waals surface area contributed by atoms with Crippen molar-refractivity contribution in [3.05, 3.63) is 52.1 Å². The van der Waals surface area contributed by atoms with E-state index in [1.165, 1.54) is 33.8 Å². The number of likely N-dealkylation sites (tertiary alicyclic amines) is 2. The number of thiazole rings is 1. The number of fused-ring (bicyclic) bond motifs is 7. The quantitative estimate of drug-likeness (QED) is 0.127. The molecule has 12 rings (SSSR count). The lowest BCUT2D eigenvalue weighted by atomic mass is 9.84. The SMILES string of the molecule is CC(C)c1ncc(N2CCN3CCOC[C@@H]3C2)cc1-c1c2c3cc(ccc3n1CC(F)(F)F)-c1csc(n1)C[C@H](NC(=O)[C@H](C(C)C)N1CC[C@]3(CCN(C(=O)[C@H]4[C@@H](C5CC5)N4C)C3)C1)C(=O)N1CCC[C@H](N1)C(=O)OCC(C)(C)C2. The van der Waals surface area contributed by atoms with Gasteiger partial charge in [0.05, 0.1) is 65.9 Å². The Balaban J connectivity index is 0.876. The number of pyridine rings is 1. The van der Waals surface area contributed by atoms with Gasteiger partial charge >= 0.3 is 12.1 Å². The van der Waals surface area contributed by atoms with Crippen molar-refractivity contribution >= 4 is 51.6 Å². The molecule has 81 heavy (non-hydrogen) atoms. The number of ether oxygens (including phenoxy) is 2. The van der Waals surface area contributed by atoms with E-state index >= 15 is 13.2 Å². The number of carbonyl (C=O) groups excluding carboxylic acids is 4. The summed E-state index contributed by atoms with van der Waals surface area (Å²) in [5.41, 5.74) is 7.21. The maximum absolute atomic E-state index is 15.2. The average molecular weight is 1140 g/mol. The highest BCUT2D eigenvalue weighted by Crippen LogP contribution is 2.49. The molecule has 7 fully saturated rings. The fourth-order valence-electron chi connectivity index (χ4n) is 14.5. The van der Waals surface area contributed by atoms with Crippen molar-refractivity contribution < 1.29 is 41.8 Å². The number of hydrogen-bond acceptors (Lipinski definition) is 14. The van der Waals surface area contributed by atoms with Gasteiger partial charge in [0, 0.05) is 103 Å². The Labute approximate surface area is 477 Å². The molecule has 1 spiro atoms. The smallest absolute Gasteiger partial charge is 0.406 e. The lowest BCUT2D eigenvalue weighted by Gasteiger charge is -2.44. The van der Waals surface area contributed by atoms with E-state index in [1.807, 2.05) is 71.3 Å². The normalized spacial score (nSPS) is 28.9. The molecular weight excluding hydrogens is 1060 g/mol. The van der Waals surface area contributed by atoms with Crippen molar-refractivity contribution in [2.45, 2.75) is 148 Å². The van der Waals surface area contributed by atoms with Crippen molar-refractivity contribution in [3.8, 4) is 22.5 Å². The van der Waals surface area contributed by atoms with Gasteiger partial charge in [0.15, 0.2) is 0 Å². The molecule has 4 aromatic rings. The molecule has 7 aliphatic heterocycles. The molecule has 8 aliphatic rings. The van der Waals surface area contributed by atoms with E-state index in [0.717, 1.165) is 44.7 Å². The molecule has 6 bridgehead atoms. The van der Waals surface area contributed by atoms with Gasteiger partial charge in [0.2, 0.25) is 11.8 Å². The van der Waals surface area contributed by atoms with Gasteiger partial charge in [-0.25, -0.2) is 10.4 Å². The Morgan fingerprint density at radius 1 is 0.988 bits per heavy atom. The first kappa shape index (κ1) is 56.3. The number of alkyl halides is 3. The van der Waals surface area contributed by atoms with Crippen LogP contribution in [0.3, 0.4) is 0 Å². The Morgan fingerprint density at radius 2 is 1.79 bits per heavy atom. The molecule has 21 heteroatoms. The molecule has 17 nitrogen and oxygen atoms in total. The molecule has 3 aromatic heterocycles. The summed E-state index contributed by atoms with van der Waals surface area (Å²) in [5, 5.41) is 7.75. The van der Waals surface area contributed by atoms with Crippen LogP contribution >= 0.6 is 11.3 Å². The van der Waals surface area contributed by atoms with Crippen LogP contribution in [0.2, 0.25) is 0 Å². The Morgan fingerprint density at radius 3 is 2.56 bits per heavy atom. The van der Waals surface area contributed by atoms with E-state index in [0.29, 0.717) is 120 Å². The number of benzene rings is 1. The van der Waals surface area contributed by atoms with Crippen LogP contribution in [0.25, 0.3) is 33.4 Å². The number of cyclic esters (lactones) is 1. The molecule has 3 amide bonds. The Bertz CT molecular complexity index is 3070. The molecule has 0 radical (unpaired) electrons. The second kappa shape index (κ2) is 21.8. The molecule has 1 aliphatic carbocycles. The topological polar surface area (TPSA) is 161 Å². The fraction of sp³-hybridized carbons (Fsp3) is 0.667. The number of carbonyl (C=O) groups is 4. The number of likely N-dealkylation sites (N-methyl/N-ethyl adjacent to an activating group) is 1. The number of aromatic nitrogens is 3. The van der Waals surface area contributed by atoms with Crippen LogP contribution in [0.15, 0.2) is 35.8 Å². The summed E-state index contributed by atoms with van der Waals surface area (Å²) in [7, 11) is 2.06. The molecule has 6 saturated heterocycles. The van der Waals surface area contributed by atoms with Crippen LogP contribution in [0, 0.1) is 22.7 Å². The second-order valence-electron chi connectivity index (χ2n) is 26.3. The van der Waals surface area contributed by atoms with Gasteiger partial charge in [0.1, 0.15) is 24.7 Å². The zero-order chi connectivity index (χ0) is 56.9. The van der Waals surface area contributed by atoms with E-state index < -0.39 is 48.1 Å². The first-order valence-electron chi connectivity index (χ1n) is 29.7. The van der Waals surface area contributed by atoms with Crippen molar-refractivity contribution in [2.75, 3.05) is 90.7 Å². The monoisotopic (exact) mass is 1140 g/mol. The minimum Gasteiger partial charge on any atom is -0.464 e. The zero-order valence-corrected chi connectivity index (χ0v) is 48.8. The average Bonchev–Trinajstić information content (AvgIpc) is 3.05. The van der Waals surface area contributed by atoms with E-state index in [1.54, 1.807) is 6.07 Å². The summed E-state index contributed by atoms with van der Waals surface area (Å²) in [6, 6.07) is 5.58. The number of nitrogens with one attached hydrogen (secondary N) is 2. The van der Waals surface area contributed by atoms with E-state index in [9.17, 15) is 19.2 Å². The highest BCUT2D eigenvalue weighted by molar-refractivity contribution is 7.10. The number of nitrogens with zero attached hydrogens (tertiary/aromatic N) is 9. The van der Waals surface area contributed by atoms with Crippen molar-refractivity contribution in [2.24, 2.45) is 22.7 Å². The van der Waals surface area contributed by atoms with Gasteiger partial charge in [-0.1, -0.05) is 47.6 Å². The number of rotatable bonds is 10. The molecule has 8 atom stereocenters. The lowest BCUT2D eigenvalue weighted by molar-refractivity contribution is -0.155. The number of piperazine rings is 1. The van der Waals surface area contributed by atoms with Gasteiger partial charge in [-0.05, 0) is 100 Å². The van der Waals surface area contributed by atoms with Crippen LogP contribution in [0.5, 0.6) is 0 Å². The van der Waals surface area contributed by atoms with Gasteiger partial charge in [-0.3, -0.25) is 43.9 Å². The van der Waals surface area contributed by atoms with Crippen molar-refractivity contribution in [1.29, 1.82) is 0 Å². The van der Waals surface area contributed by atoms with Crippen LogP contribution < -0.4 is 15.6 Å². The van der Waals surface area contributed by atoms with Crippen LogP contribution in [0.4, 0.5) is 18.9 Å². The third-order valence-corrected chi connectivity index (χ3v) is 19.7. The standard InChI is InChI=1S/C60H80F3N11O6S/c1-35(2)49-42(24-39(27-64-49)70-20-19-69-21-22-79-29-40(69)28-70)52-43-26-58(5,6)34-80-57(78)44-9-8-16-74(67-44)55(76)45(25-48-65-46(30-81-48)38-12-13-47(41(43)23-38)73(52)33-60(61,62)63)66-54(75)50(36(3)4)71-17-14-59(31-71)15-18-72(32-59)56(77)53-51(68(53)7)37-10-11-37/h12-13,23-24,27,30,35-37,40,44-45,50-51,53,67H,8-11,14-22,25-26,28-29,31-34H2,1-7H3,(H,66,75)/t40-,44-,45-,50-,51+,53+,59-,68?/m0/s1. The van der Waals surface area contributed by atoms with E-state index in [2.05, 4.69) is 42.3 Å². The number of hydrogen-bond donors (Lipinski definition) is 2. The maximum Gasteiger partial charge on any atom is 0.406 e. The van der Waals surface area contributed by atoms with E-state index in [4.69, 9.17) is 19.4 Å². The third kappa shape index (κ3) is 11.4. The summed E-state index contributed by atoms with van der Waals surface area (Å²) in [6.07, 6.45) is 2.65. The van der Waals surface area contributed by atoms with Gasteiger partial charge < -0.3 is 29.2 Å². The lowest BCUT2D eigenvalue weighted by Crippen LogP contribution is -2.62. The number of halogens is 3. The van der Waals surface area contributed by atoms with Crippen LogP contribution in [0.1, 0.15) is 102 Å². The number of amides is 3. The summed E-state index contributed by atoms with van der Waals surface area (Å²) >= 11 is 1.35. The third-order valence-electron chi connectivity index (χ3n) is 18.9. The van der Waals surface area contributed by atoms with Gasteiger partial charge in [-0.2, -0.15) is 13.2 Å². The summed E-state index contributed by atoms with van der Waals surface area (Å²) < 4.78 is 58.9. The molecule has 1 saturated carbocycles. The molecule has 438 valence electrons. The molecule has 2 N–H and O–H groups in total. The van der Waals surface area contributed by atoms with E-state index in [-0.39, 0.29) is 60.6 Å². The number of morpholine rings is 1. The van der Waals surface area contributed by atoms with Gasteiger partial charge in [-0.15, -0.1) is 11.3 Å². The minimum absolute atomic E-state index is 0.0182. The largest absolute Gasteiger partial charge is 0.464 e. The Hall–Kier alpha value is -5.19. The minimum atomic E-state index is -4.58. The summed E-state index contributed by atoms with van der Waals surface area (Å²) in [6.45, 7) is 18.2. The molecule has 10 heterocycles. The Kier molecular flexibility index (Phi) is 15.1. The van der Waals surface area contributed by atoms with Gasteiger partial charge in [0.25, 0.3) is 5.91 Å². The van der Waals surface area contributed by atoms with Crippen molar-refractivity contribution in [1.82, 2.24) is 49.9 Å². The molecule has 1 aromatic carbocycles. The number of anilines is 1.